The largest absolute Gasteiger partial charge is 0.493 e. The molecular weight excluding hydrogens is 231 g/mol. The first kappa shape index (κ1) is 13.7. The second-order valence-electron chi connectivity index (χ2n) is 3.67. The molecule has 1 rings (SSSR count). The fourth-order valence-electron chi connectivity index (χ4n) is 1.34. The lowest BCUT2D eigenvalue weighted by molar-refractivity contribution is 0.308. The van der Waals surface area contributed by atoms with Crippen molar-refractivity contribution in [2.45, 2.75) is 19.8 Å². The molecule has 0 aromatic heterocycles. The highest BCUT2D eigenvalue weighted by molar-refractivity contribution is 5.66. The van der Waals surface area contributed by atoms with Gasteiger partial charge < -0.3 is 4.74 Å². The Kier molecular flexibility index (Phi) is 5.41. The van der Waals surface area contributed by atoms with E-state index in [1.54, 1.807) is 12.1 Å². The zero-order valence-electron chi connectivity index (χ0n) is 10.1. The lowest BCUT2D eigenvalue weighted by Gasteiger charge is -2.08. The van der Waals surface area contributed by atoms with Crippen LogP contribution in [0.2, 0.25) is 0 Å². The van der Waals surface area contributed by atoms with Crippen molar-refractivity contribution in [3.05, 3.63) is 35.2 Å². The number of hydrogen-bond acceptors (Lipinski definition) is 3. The molecule has 0 N–H and O–H groups in total. The van der Waals surface area contributed by atoms with E-state index >= 15 is 0 Å². The average molecular weight is 244 g/mol. The fourth-order valence-corrected chi connectivity index (χ4v) is 1.34. The molecule has 0 saturated heterocycles. The minimum absolute atomic E-state index is 0.0825. The van der Waals surface area contributed by atoms with Crippen molar-refractivity contribution >= 4 is 6.08 Å². The Balaban J connectivity index is 3.01. The van der Waals surface area contributed by atoms with Crippen LogP contribution in [0.4, 0.5) is 4.39 Å². The highest BCUT2D eigenvalue weighted by atomic mass is 19.1. The van der Waals surface area contributed by atoms with Crippen LogP contribution in [-0.4, -0.2) is 6.61 Å². The Morgan fingerprint density at radius 3 is 2.72 bits per heavy atom. The molecule has 0 fully saturated rings. The van der Waals surface area contributed by atoms with E-state index in [-0.39, 0.29) is 5.57 Å². The zero-order valence-corrected chi connectivity index (χ0v) is 10.1. The number of allylic oxidation sites excluding steroid dienone is 1. The van der Waals surface area contributed by atoms with Crippen LogP contribution in [0, 0.1) is 28.5 Å². The van der Waals surface area contributed by atoms with Gasteiger partial charge in [-0.05, 0) is 30.7 Å². The van der Waals surface area contributed by atoms with Crippen LogP contribution in [0.15, 0.2) is 23.8 Å². The molecule has 1 aromatic carbocycles. The third-order valence-electron chi connectivity index (χ3n) is 2.27. The summed E-state index contributed by atoms with van der Waals surface area (Å²) in [5, 5.41) is 17.4. The molecule has 4 heteroatoms. The van der Waals surface area contributed by atoms with Crippen LogP contribution in [0.25, 0.3) is 6.08 Å². The fraction of sp³-hybridized carbons (Fsp3) is 0.286. The van der Waals surface area contributed by atoms with Crippen LogP contribution in [0.1, 0.15) is 25.3 Å². The summed E-state index contributed by atoms with van der Waals surface area (Å²) >= 11 is 0. The van der Waals surface area contributed by atoms with Gasteiger partial charge in [-0.3, -0.25) is 0 Å². The molecule has 0 radical (unpaired) electrons. The topological polar surface area (TPSA) is 56.8 Å². The maximum atomic E-state index is 13.1. The van der Waals surface area contributed by atoms with E-state index in [1.165, 1.54) is 24.3 Å². The average Bonchev–Trinajstić information content (AvgIpc) is 2.38. The Bertz CT molecular complexity index is 508. The molecule has 0 saturated carbocycles. The van der Waals surface area contributed by atoms with Crippen LogP contribution < -0.4 is 4.74 Å². The van der Waals surface area contributed by atoms with Crippen LogP contribution in [0.3, 0.4) is 0 Å². The molecule has 0 spiro atoms. The Hall–Kier alpha value is -2.33. The summed E-state index contributed by atoms with van der Waals surface area (Å²) in [5.74, 6) is 0.0483. The molecule has 0 bridgehead atoms. The number of rotatable bonds is 5. The molecule has 0 amide bonds. The van der Waals surface area contributed by atoms with E-state index < -0.39 is 5.82 Å². The zero-order chi connectivity index (χ0) is 13.4. The number of hydrogen-bond donors (Lipinski definition) is 0. The van der Waals surface area contributed by atoms with E-state index in [9.17, 15) is 4.39 Å². The Morgan fingerprint density at radius 1 is 1.39 bits per heavy atom. The SMILES string of the molecule is CCCCOc1ccc(F)cc1C=C(C#N)C#N. The second-order valence-corrected chi connectivity index (χ2v) is 3.67. The number of unbranched alkanes of at least 4 members (excludes halogenated alkanes) is 1. The summed E-state index contributed by atoms with van der Waals surface area (Å²) in [7, 11) is 0. The quantitative estimate of drug-likeness (QED) is 0.589. The smallest absolute Gasteiger partial charge is 0.130 e. The van der Waals surface area contributed by atoms with Gasteiger partial charge in [-0.1, -0.05) is 13.3 Å². The maximum absolute atomic E-state index is 13.1. The summed E-state index contributed by atoms with van der Waals surface area (Å²) < 4.78 is 18.6. The number of nitriles is 2. The first-order chi connectivity index (χ1) is 8.71. The number of benzene rings is 1. The van der Waals surface area contributed by atoms with Crippen molar-refractivity contribution < 1.29 is 9.13 Å². The van der Waals surface area contributed by atoms with Gasteiger partial charge in [-0.25, -0.2) is 4.39 Å². The highest BCUT2D eigenvalue weighted by Crippen LogP contribution is 2.22. The van der Waals surface area contributed by atoms with Gasteiger partial charge in [0.15, 0.2) is 0 Å². The number of halogens is 1. The van der Waals surface area contributed by atoms with Gasteiger partial charge in [0, 0.05) is 5.56 Å². The molecule has 0 atom stereocenters. The molecule has 3 nitrogen and oxygen atoms in total. The predicted octanol–water partition coefficient (Wildman–Crippen LogP) is 3.44. The van der Waals surface area contributed by atoms with Crippen molar-refractivity contribution in [2.24, 2.45) is 0 Å². The van der Waals surface area contributed by atoms with Crippen LogP contribution >= 0.6 is 0 Å². The minimum atomic E-state index is -0.431. The Labute approximate surface area is 106 Å². The first-order valence-corrected chi connectivity index (χ1v) is 5.65. The number of ether oxygens (including phenoxy) is 1. The van der Waals surface area contributed by atoms with Crippen molar-refractivity contribution in [3.63, 3.8) is 0 Å². The minimum Gasteiger partial charge on any atom is -0.493 e. The molecule has 0 aliphatic carbocycles. The van der Waals surface area contributed by atoms with Gasteiger partial charge in [-0.15, -0.1) is 0 Å². The van der Waals surface area contributed by atoms with E-state index in [1.807, 2.05) is 6.92 Å². The number of nitrogens with zero attached hydrogens (tertiary/aromatic N) is 2. The summed E-state index contributed by atoms with van der Waals surface area (Å²) in [6, 6.07) is 7.51. The van der Waals surface area contributed by atoms with Crippen molar-refractivity contribution in [1.82, 2.24) is 0 Å². The van der Waals surface area contributed by atoms with E-state index in [0.717, 1.165) is 12.8 Å². The molecule has 0 aliphatic rings. The van der Waals surface area contributed by atoms with Gasteiger partial charge in [-0.2, -0.15) is 10.5 Å². The first-order valence-electron chi connectivity index (χ1n) is 5.65. The predicted molar refractivity (Wildman–Crippen MR) is 66.0 cm³/mol. The third kappa shape index (κ3) is 3.92. The maximum Gasteiger partial charge on any atom is 0.130 e. The molecule has 92 valence electrons. The summed E-state index contributed by atoms with van der Waals surface area (Å²) in [5.41, 5.74) is 0.324. The second kappa shape index (κ2) is 7.09. The van der Waals surface area contributed by atoms with Crippen LogP contribution in [0.5, 0.6) is 5.75 Å². The molecule has 0 unspecified atom stereocenters. The van der Waals surface area contributed by atoms with E-state index in [0.29, 0.717) is 17.9 Å². The van der Waals surface area contributed by atoms with Gasteiger partial charge in [0.05, 0.1) is 6.61 Å². The van der Waals surface area contributed by atoms with Gasteiger partial charge >= 0.3 is 0 Å². The van der Waals surface area contributed by atoms with Crippen molar-refractivity contribution in [2.75, 3.05) is 6.61 Å². The summed E-state index contributed by atoms with van der Waals surface area (Å²) in [6.45, 7) is 2.57. The highest BCUT2D eigenvalue weighted by Gasteiger charge is 2.05. The molecule has 1 aromatic rings. The van der Waals surface area contributed by atoms with E-state index in [2.05, 4.69) is 0 Å². The van der Waals surface area contributed by atoms with Crippen molar-refractivity contribution in [1.29, 1.82) is 10.5 Å². The van der Waals surface area contributed by atoms with E-state index in [4.69, 9.17) is 15.3 Å². The third-order valence-corrected chi connectivity index (χ3v) is 2.27. The normalized spacial score (nSPS) is 9.11. The van der Waals surface area contributed by atoms with Gasteiger partial charge in [0.1, 0.15) is 29.3 Å². The Morgan fingerprint density at radius 2 is 2.11 bits per heavy atom. The monoisotopic (exact) mass is 244 g/mol. The standard InChI is InChI=1S/C14H13FN2O/c1-2-3-6-18-14-5-4-13(15)8-12(14)7-11(9-16)10-17/h4-5,7-8H,2-3,6H2,1H3. The summed E-state index contributed by atoms with van der Waals surface area (Å²) in [4.78, 5) is 0. The molecular formula is C14H13FN2O. The van der Waals surface area contributed by atoms with Crippen molar-refractivity contribution in [3.8, 4) is 17.9 Å². The lowest BCUT2D eigenvalue weighted by Crippen LogP contribution is -1.98. The summed E-state index contributed by atoms with van der Waals surface area (Å²) in [6.07, 6.45) is 3.21. The van der Waals surface area contributed by atoms with Gasteiger partial charge in [0.25, 0.3) is 0 Å². The molecule has 0 aliphatic heterocycles. The lowest BCUT2D eigenvalue weighted by atomic mass is 10.1. The molecule has 18 heavy (non-hydrogen) atoms. The van der Waals surface area contributed by atoms with Crippen LogP contribution in [-0.2, 0) is 0 Å². The molecule has 0 heterocycles. The van der Waals surface area contributed by atoms with Gasteiger partial charge in [0.2, 0.25) is 0 Å².